The standard InChI is InChI=1S/C14H13F3O2/c1-2-18-13(12-4-3-9-19-12)10-5-7-11(8-6-10)14(15,16)17/h3-9,13H,2H2,1H3. The van der Waals surface area contributed by atoms with E-state index in [0.717, 1.165) is 12.1 Å². The molecule has 0 aliphatic heterocycles. The number of ether oxygens (including phenoxy) is 1. The molecule has 1 heterocycles. The monoisotopic (exact) mass is 270 g/mol. The maximum Gasteiger partial charge on any atom is 0.416 e. The molecule has 0 bridgehead atoms. The Kier molecular flexibility index (Phi) is 3.95. The Morgan fingerprint density at radius 2 is 1.84 bits per heavy atom. The van der Waals surface area contributed by atoms with Crippen LogP contribution in [0.4, 0.5) is 13.2 Å². The molecule has 5 heteroatoms. The summed E-state index contributed by atoms with van der Waals surface area (Å²) in [5, 5.41) is 0. The van der Waals surface area contributed by atoms with Gasteiger partial charge in [-0.25, -0.2) is 0 Å². The van der Waals surface area contributed by atoms with Gasteiger partial charge in [0, 0.05) is 6.61 Å². The molecule has 102 valence electrons. The molecule has 0 amide bonds. The Balaban J connectivity index is 2.28. The van der Waals surface area contributed by atoms with Gasteiger partial charge in [0.15, 0.2) is 0 Å². The number of rotatable bonds is 4. The van der Waals surface area contributed by atoms with Crippen LogP contribution >= 0.6 is 0 Å². The molecule has 0 saturated carbocycles. The second kappa shape index (κ2) is 5.48. The Morgan fingerprint density at radius 3 is 2.32 bits per heavy atom. The van der Waals surface area contributed by atoms with E-state index in [1.54, 1.807) is 12.1 Å². The summed E-state index contributed by atoms with van der Waals surface area (Å²) in [6, 6.07) is 8.36. The van der Waals surface area contributed by atoms with Crippen LogP contribution in [0.5, 0.6) is 0 Å². The van der Waals surface area contributed by atoms with Crippen molar-refractivity contribution in [3.63, 3.8) is 0 Å². The van der Waals surface area contributed by atoms with Gasteiger partial charge in [-0.2, -0.15) is 13.2 Å². The average Bonchev–Trinajstić information content (AvgIpc) is 2.89. The topological polar surface area (TPSA) is 22.4 Å². The van der Waals surface area contributed by atoms with Crippen LogP contribution in [-0.4, -0.2) is 6.61 Å². The zero-order valence-electron chi connectivity index (χ0n) is 10.3. The van der Waals surface area contributed by atoms with E-state index in [4.69, 9.17) is 9.15 Å². The third-order valence-corrected chi connectivity index (χ3v) is 2.68. The molecule has 1 unspecified atom stereocenters. The molecule has 2 rings (SSSR count). The third-order valence-electron chi connectivity index (χ3n) is 2.68. The van der Waals surface area contributed by atoms with Crippen molar-refractivity contribution in [2.75, 3.05) is 6.61 Å². The molecular formula is C14H13F3O2. The zero-order valence-corrected chi connectivity index (χ0v) is 10.3. The number of halogens is 3. The molecular weight excluding hydrogens is 257 g/mol. The molecule has 1 atom stereocenters. The quantitative estimate of drug-likeness (QED) is 0.820. The first-order valence-corrected chi connectivity index (χ1v) is 5.84. The van der Waals surface area contributed by atoms with E-state index < -0.39 is 17.8 Å². The fourth-order valence-corrected chi connectivity index (χ4v) is 1.80. The summed E-state index contributed by atoms with van der Waals surface area (Å²) >= 11 is 0. The molecule has 0 aliphatic rings. The van der Waals surface area contributed by atoms with Crippen LogP contribution < -0.4 is 0 Å². The lowest BCUT2D eigenvalue weighted by molar-refractivity contribution is -0.137. The number of hydrogen-bond donors (Lipinski definition) is 0. The molecule has 0 fully saturated rings. The molecule has 2 nitrogen and oxygen atoms in total. The second-order valence-electron chi connectivity index (χ2n) is 3.97. The second-order valence-corrected chi connectivity index (χ2v) is 3.97. The van der Waals surface area contributed by atoms with Crippen LogP contribution in [0.2, 0.25) is 0 Å². The SMILES string of the molecule is CCOC(c1ccc(C(F)(F)F)cc1)c1ccco1. The van der Waals surface area contributed by atoms with Crippen LogP contribution in [0.25, 0.3) is 0 Å². The van der Waals surface area contributed by atoms with Crippen molar-refractivity contribution in [2.45, 2.75) is 19.2 Å². The molecule has 0 saturated heterocycles. The average molecular weight is 270 g/mol. The first-order valence-electron chi connectivity index (χ1n) is 5.84. The molecule has 1 aromatic heterocycles. The number of alkyl halides is 3. The summed E-state index contributed by atoms with van der Waals surface area (Å²) in [6.07, 6.45) is -3.31. The van der Waals surface area contributed by atoms with Gasteiger partial charge in [0.05, 0.1) is 11.8 Å². The molecule has 19 heavy (non-hydrogen) atoms. The summed E-state index contributed by atoms with van der Waals surface area (Å²) in [7, 11) is 0. The van der Waals surface area contributed by atoms with E-state index in [-0.39, 0.29) is 0 Å². The predicted molar refractivity (Wildman–Crippen MR) is 63.6 cm³/mol. The van der Waals surface area contributed by atoms with Crippen LogP contribution in [0.1, 0.15) is 29.9 Å². The Bertz CT molecular complexity index is 500. The lowest BCUT2D eigenvalue weighted by atomic mass is 10.0. The summed E-state index contributed by atoms with van der Waals surface area (Å²) < 4.78 is 48.3. The Labute approximate surface area is 108 Å². The van der Waals surface area contributed by atoms with Gasteiger partial charge in [-0.05, 0) is 36.8 Å². The van der Waals surface area contributed by atoms with Gasteiger partial charge in [0.25, 0.3) is 0 Å². The van der Waals surface area contributed by atoms with E-state index in [1.165, 1.54) is 18.4 Å². The molecule has 0 spiro atoms. The van der Waals surface area contributed by atoms with Crippen LogP contribution in [0, 0.1) is 0 Å². The van der Waals surface area contributed by atoms with Gasteiger partial charge in [-0.1, -0.05) is 12.1 Å². The van der Waals surface area contributed by atoms with Gasteiger partial charge in [-0.3, -0.25) is 0 Å². The maximum atomic E-state index is 12.5. The number of benzene rings is 1. The molecule has 2 aromatic rings. The van der Waals surface area contributed by atoms with Crippen molar-refractivity contribution in [1.29, 1.82) is 0 Å². The molecule has 1 aromatic carbocycles. The van der Waals surface area contributed by atoms with E-state index in [1.807, 2.05) is 6.92 Å². The zero-order chi connectivity index (χ0) is 13.9. The van der Waals surface area contributed by atoms with Gasteiger partial charge in [0.2, 0.25) is 0 Å². The summed E-state index contributed by atoms with van der Waals surface area (Å²) in [5.41, 5.74) is -0.0456. The lowest BCUT2D eigenvalue weighted by Crippen LogP contribution is -2.08. The van der Waals surface area contributed by atoms with E-state index in [9.17, 15) is 13.2 Å². The van der Waals surface area contributed by atoms with Crippen molar-refractivity contribution in [3.8, 4) is 0 Å². The lowest BCUT2D eigenvalue weighted by Gasteiger charge is -2.16. The van der Waals surface area contributed by atoms with Gasteiger partial charge in [-0.15, -0.1) is 0 Å². The highest BCUT2D eigenvalue weighted by Gasteiger charge is 2.30. The third kappa shape index (κ3) is 3.17. The maximum absolute atomic E-state index is 12.5. The highest BCUT2D eigenvalue weighted by molar-refractivity contribution is 5.29. The minimum Gasteiger partial charge on any atom is -0.466 e. The van der Waals surface area contributed by atoms with Gasteiger partial charge < -0.3 is 9.15 Å². The first kappa shape index (κ1) is 13.7. The van der Waals surface area contributed by atoms with Gasteiger partial charge in [0.1, 0.15) is 11.9 Å². The smallest absolute Gasteiger partial charge is 0.416 e. The summed E-state index contributed by atoms with van der Waals surface area (Å²) in [4.78, 5) is 0. The van der Waals surface area contributed by atoms with Crippen LogP contribution in [0.3, 0.4) is 0 Å². The molecule has 0 radical (unpaired) electrons. The van der Waals surface area contributed by atoms with E-state index >= 15 is 0 Å². The van der Waals surface area contributed by atoms with Crippen molar-refractivity contribution < 1.29 is 22.3 Å². The van der Waals surface area contributed by atoms with Gasteiger partial charge >= 0.3 is 6.18 Å². The largest absolute Gasteiger partial charge is 0.466 e. The normalized spacial score (nSPS) is 13.5. The van der Waals surface area contributed by atoms with Crippen molar-refractivity contribution in [3.05, 3.63) is 59.5 Å². The molecule has 0 N–H and O–H groups in total. The molecule has 0 aliphatic carbocycles. The Hall–Kier alpha value is -1.75. The highest BCUT2D eigenvalue weighted by atomic mass is 19.4. The van der Waals surface area contributed by atoms with Crippen LogP contribution in [0.15, 0.2) is 47.1 Å². The highest BCUT2D eigenvalue weighted by Crippen LogP contribution is 2.32. The van der Waals surface area contributed by atoms with E-state index in [2.05, 4.69) is 0 Å². The van der Waals surface area contributed by atoms with Crippen molar-refractivity contribution >= 4 is 0 Å². The minimum atomic E-state index is -4.33. The summed E-state index contributed by atoms with van der Waals surface area (Å²) in [6.45, 7) is 2.26. The summed E-state index contributed by atoms with van der Waals surface area (Å²) in [5.74, 6) is 0.571. The number of furan rings is 1. The fraction of sp³-hybridized carbons (Fsp3) is 0.286. The first-order chi connectivity index (χ1) is 9.02. The predicted octanol–water partition coefficient (Wildman–Crippen LogP) is 4.42. The van der Waals surface area contributed by atoms with Crippen molar-refractivity contribution in [2.24, 2.45) is 0 Å². The van der Waals surface area contributed by atoms with Crippen molar-refractivity contribution in [1.82, 2.24) is 0 Å². The van der Waals surface area contributed by atoms with E-state index in [0.29, 0.717) is 17.9 Å². The number of hydrogen-bond acceptors (Lipinski definition) is 2. The van der Waals surface area contributed by atoms with Crippen LogP contribution in [-0.2, 0) is 10.9 Å². The Morgan fingerprint density at radius 1 is 1.16 bits per heavy atom. The fourth-order valence-electron chi connectivity index (χ4n) is 1.80. The minimum absolute atomic E-state index is 0.437.